The summed E-state index contributed by atoms with van der Waals surface area (Å²) in [4.78, 5) is 0. The average Bonchev–Trinajstić information content (AvgIpc) is 2.39. The van der Waals surface area contributed by atoms with Gasteiger partial charge in [-0.05, 0) is 55.3 Å². The summed E-state index contributed by atoms with van der Waals surface area (Å²) < 4.78 is 14.8. The molecule has 1 nitrogen and oxygen atoms in total. The van der Waals surface area contributed by atoms with Crippen LogP contribution in [-0.4, -0.2) is 7.05 Å². The molecule has 0 saturated heterocycles. The molecule has 0 bridgehead atoms. The smallest absolute Gasteiger partial charge is 0.126 e. The van der Waals surface area contributed by atoms with Crippen molar-refractivity contribution in [2.45, 2.75) is 19.9 Å². The van der Waals surface area contributed by atoms with Crippen molar-refractivity contribution in [2.75, 3.05) is 7.05 Å². The summed E-state index contributed by atoms with van der Waals surface area (Å²) in [7, 11) is 1.89. The van der Waals surface area contributed by atoms with Gasteiger partial charge in [-0.25, -0.2) is 4.39 Å². The second kappa shape index (κ2) is 5.85. The Kier molecular flexibility index (Phi) is 4.38. The van der Waals surface area contributed by atoms with Crippen LogP contribution < -0.4 is 5.32 Å². The number of rotatable bonds is 3. The predicted octanol–water partition coefficient (Wildman–Crippen LogP) is 4.51. The molecule has 0 aliphatic carbocycles. The molecule has 2 aromatic rings. The van der Waals surface area contributed by atoms with Crippen molar-refractivity contribution in [1.29, 1.82) is 0 Å². The fourth-order valence-electron chi connectivity index (χ4n) is 2.16. The quantitative estimate of drug-likeness (QED) is 0.876. The van der Waals surface area contributed by atoms with Gasteiger partial charge in [-0.1, -0.05) is 40.2 Å². The van der Waals surface area contributed by atoms with E-state index in [1.54, 1.807) is 13.0 Å². The molecule has 2 rings (SSSR count). The van der Waals surface area contributed by atoms with Crippen LogP contribution in [0.4, 0.5) is 4.39 Å². The molecule has 1 unspecified atom stereocenters. The first-order chi connectivity index (χ1) is 9.02. The van der Waals surface area contributed by atoms with E-state index in [1.807, 2.05) is 25.2 Å². The summed E-state index contributed by atoms with van der Waals surface area (Å²) >= 11 is 3.50. The lowest BCUT2D eigenvalue weighted by molar-refractivity contribution is 0.608. The van der Waals surface area contributed by atoms with Gasteiger partial charge in [0.15, 0.2) is 0 Å². The van der Waals surface area contributed by atoms with Crippen LogP contribution in [0.5, 0.6) is 0 Å². The molecule has 1 N–H and O–H groups in total. The lowest BCUT2D eigenvalue weighted by Gasteiger charge is -2.18. The summed E-state index contributed by atoms with van der Waals surface area (Å²) in [6.07, 6.45) is 0. The molecule has 100 valence electrons. The topological polar surface area (TPSA) is 12.0 Å². The zero-order chi connectivity index (χ0) is 14.0. The molecule has 0 aliphatic rings. The third kappa shape index (κ3) is 3.04. The van der Waals surface area contributed by atoms with Gasteiger partial charge in [0.05, 0.1) is 6.04 Å². The average molecular weight is 322 g/mol. The van der Waals surface area contributed by atoms with E-state index in [9.17, 15) is 4.39 Å². The van der Waals surface area contributed by atoms with E-state index in [0.29, 0.717) is 5.56 Å². The fraction of sp³-hybridized carbons (Fsp3) is 0.250. The Bertz CT molecular complexity index is 544. The summed E-state index contributed by atoms with van der Waals surface area (Å²) in [6.45, 7) is 3.83. The maximum Gasteiger partial charge on any atom is 0.126 e. The van der Waals surface area contributed by atoms with E-state index in [2.05, 4.69) is 40.3 Å². The van der Waals surface area contributed by atoms with Gasteiger partial charge < -0.3 is 5.32 Å². The standard InChI is InChI=1S/C16H17BrFN/c1-10-4-5-13(9-15(10)18)16(19-3)12-6-7-14(17)11(2)8-12/h4-9,16,19H,1-3H3. The van der Waals surface area contributed by atoms with E-state index < -0.39 is 0 Å². The summed E-state index contributed by atoms with van der Waals surface area (Å²) in [6, 6.07) is 11.6. The normalized spacial score (nSPS) is 12.5. The van der Waals surface area contributed by atoms with E-state index in [4.69, 9.17) is 0 Å². The Hall–Kier alpha value is -1.19. The van der Waals surface area contributed by atoms with Gasteiger partial charge in [0.1, 0.15) is 5.82 Å². The highest BCUT2D eigenvalue weighted by molar-refractivity contribution is 9.10. The number of nitrogens with one attached hydrogen (secondary N) is 1. The molecule has 0 radical (unpaired) electrons. The van der Waals surface area contributed by atoms with Crippen molar-refractivity contribution < 1.29 is 4.39 Å². The van der Waals surface area contributed by atoms with E-state index in [-0.39, 0.29) is 11.9 Å². The number of hydrogen-bond donors (Lipinski definition) is 1. The molecule has 1 atom stereocenters. The largest absolute Gasteiger partial charge is 0.309 e. The summed E-state index contributed by atoms with van der Waals surface area (Å²) in [5, 5.41) is 3.25. The van der Waals surface area contributed by atoms with Crippen LogP contribution in [0.2, 0.25) is 0 Å². The second-order valence-electron chi connectivity index (χ2n) is 4.74. The maximum atomic E-state index is 13.7. The molecule has 0 saturated carbocycles. The lowest BCUT2D eigenvalue weighted by atomic mass is 9.96. The second-order valence-corrected chi connectivity index (χ2v) is 5.59. The minimum atomic E-state index is -0.161. The minimum Gasteiger partial charge on any atom is -0.309 e. The SMILES string of the molecule is CNC(c1ccc(Br)c(C)c1)c1ccc(C)c(F)c1. The van der Waals surface area contributed by atoms with Gasteiger partial charge in [0.2, 0.25) is 0 Å². The van der Waals surface area contributed by atoms with Crippen LogP contribution in [-0.2, 0) is 0 Å². The van der Waals surface area contributed by atoms with Crippen LogP contribution >= 0.6 is 15.9 Å². The van der Waals surface area contributed by atoms with Gasteiger partial charge in [-0.3, -0.25) is 0 Å². The Morgan fingerprint density at radius 2 is 1.63 bits per heavy atom. The predicted molar refractivity (Wildman–Crippen MR) is 80.9 cm³/mol. The first-order valence-corrected chi connectivity index (χ1v) is 7.01. The molecular formula is C16H17BrFN. The van der Waals surface area contributed by atoms with Crippen LogP contribution in [0.1, 0.15) is 28.3 Å². The molecule has 0 spiro atoms. The first-order valence-electron chi connectivity index (χ1n) is 6.22. The van der Waals surface area contributed by atoms with Crippen molar-refractivity contribution >= 4 is 15.9 Å². The molecule has 0 aromatic heterocycles. The Labute approximate surface area is 122 Å². The monoisotopic (exact) mass is 321 g/mol. The lowest BCUT2D eigenvalue weighted by Crippen LogP contribution is -2.18. The maximum absolute atomic E-state index is 13.7. The van der Waals surface area contributed by atoms with E-state index in [0.717, 1.165) is 15.6 Å². The molecular weight excluding hydrogens is 305 g/mol. The van der Waals surface area contributed by atoms with Crippen molar-refractivity contribution in [3.8, 4) is 0 Å². The number of aryl methyl sites for hydroxylation is 2. The van der Waals surface area contributed by atoms with Gasteiger partial charge in [-0.15, -0.1) is 0 Å². The molecule has 0 amide bonds. The molecule has 3 heteroatoms. The van der Waals surface area contributed by atoms with Crippen LogP contribution in [0, 0.1) is 19.7 Å². The van der Waals surface area contributed by atoms with Crippen LogP contribution in [0.3, 0.4) is 0 Å². The Morgan fingerprint density at radius 1 is 1.00 bits per heavy atom. The summed E-state index contributed by atoms with van der Waals surface area (Å²) in [5.74, 6) is -0.161. The first kappa shape index (κ1) is 14.2. The molecule has 0 aliphatic heterocycles. The van der Waals surface area contributed by atoms with Crippen LogP contribution in [0.25, 0.3) is 0 Å². The zero-order valence-electron chi connectivity index (χ0n) is 11.3. The highest BCUT2D eigenvalue weighted by Gasteiger charge is 2.14. The number of hydrogen-bond acceptors (Lipinski definition) is 1. The van der Waals surface area contributed by atoms with Crippen molar-refractivity contribution in [3.63, 3.8) is 0 Å². The highest BCUT2D eigenvalue weighted by Crippen LogP contribution is 2.26. The van der Waals surface area contributed by atoms with Gasteiger partial charge in [-0.2, -0.15) is 0 Å². The highest BCUT2D eigenvalue weighted by atomic mass is 79.9. The van der Waals surface area contributed by atoms with Crippen LogP contribution in [0.15, 0.2) is 40.9 Å². The zero-order valence-corrected chi connectivity index (χ0v) is 12.9. The van der Waals surface area contributed by atoms with Gasteiger partial charge in [0.25, 0.3) is 0 Å². The third-order valence-corrected chi connectivity index (χ3v) is 4.22. The fourth-order valence-corrected chi connectivity index (χ4v) is 2.41. The van der Waals surface area contributed by atoms with Crippen molar-refractivity contribution in [3.05, 3.63) is 68.9 Å². The molecule has 0 fully saturated rings. The van der Waals surface area contributed by atoms with Gasteiger partial charge in [0, 0.05) is 4.47 Å². The summed E-state index contributed by atoms with van der Waals surface area (Å²) in [5.41, 5.74) is 3.91. The van der Waals surface area contributed by atoms with Crippen molar-refractivity contribution in [2.24, 2.45) is 0 Å². The third-order valence-electron chi connectivity index (χ3n) is 3.33. The molecule has 0 heterocycles. The van der Waals surface area contributed by atoms with E-state index in [1.165, 1.54) is 5.56 Å². The molecule has 2 aromatic carbocycles. The Morgan fingerprint density at radius 3 is 2.21 bits per heavy atom. The van der Waals surface area contributed by atoms with Crippen molar-refractivity contribution in [1.82, 2.24) is 5.32 Å². The van der Waals surface area contributed by atoms with Gasteiger partial charge >= 0.3 is 0 Å². The number of halogens is 2. The molecule has 19 heavy (non-hydrogen) atoms. The Balaban J connectivity index is 2.43. The minimum absolute atomic E-state index is 0.00176. The van der Waals surface area contributed by atoms with E-state index >= 15 is 0 Å². The number of benzene rings is 2.